The maximum Gasteiger partial charge on any atom is 0.154 e. The lowest BCUT2D eigenvalue weighted by Crippen LogP contribution is -2.35. The highest BCUT2D eigenvalue weighted by atomic mass is 79.9. The van der Waals surface area contributed by atoms with Gasteiger partial charge in [-0.1, -0.05) is 15.9 Å². The standard InChI is InChI=1S/C13H18BrClO3S/c1-8-6-11(18-4)9(7-10(8)14)12(15)13(2,3)19(5,16)17/h6-7,12H,1-5H3. The van der Waals surface area contributed by atoms with E-state index < -0.39 is 20.0 Å². The molecule has 1 aromatic carbocycles. The number of halogens is 2. The average Bonchev–Trinajstić information content (AvgIpc) is 2.29. The quantitative estimate of drug-likeness (QED) is 0.757. The molecule has 3 nitrogen and oxygen atoms in total. The first-order chi connectivity index (χ1) is 8.52. The predicted molar refractivity (Wildman–Crippen MR) is 82.9 cm³/mol. The van der Waals surface area contributed by atoms with Gasteiger partial charge in [-0.05, 0) is 38.5 Å². The van der Waals surface area contributed by atoms with Gasteiger partial charge in [0.05, 0.1) is 17.2 Å². The SMILES string of the molecule is COc1cc(C)c(Br)cc1C(Cl)C(C)(C)S(C)(=O)=O. The zero-order valence-corrected chi connectivity index (χ0v) is 14.8. The van der Waals surface area contributed by atoms with Gasteiger partial charge >= 0.3 is 0 Å². The van der Waals surface area contributed by atoms with E-state index in [4.69, 9.17) is 16.3 Å². The van der Waals surface area contributed by atoms with E-state index in [-0.39, 0.29) is 0 Å². The van der Waals surface area contributed by atoms with E-state index in [1.54, 1.807) is 21.0 Å². The molecule has 0 radical (unpaired) electrons. The summed E-state index contributed by atoms with van der Waals surface area (Å²) in [6, 6.07) is 3.66. The highest BCUT2D eigenvalue weighted by Crippen LogP contribution is 2.43. The number of hydrogen-bond donors (Lipinski definition) is 0. The summed E-state index contributed by atoms with van der Waals surface area (Å²) in [6.45, 7) is 5.17. The third kappa shape index (κ3) is 3.26. The van der Waals surface area contributed by atoms with Gasteiger partial charge in [0.25, 0.3) is 0 Å². The predicted octanol–water partition coefficient (Wildman–Crippen LogP) is 3.87. The summed E-state index contributed by atoms with van der Waals surface area (Å²) >= 11 is 9.84. The van der Waals surface area contributed by atoms with E-state index in [0.717, 1.165) is 10.0 Å². The van der Waals surface area contributed by atoms with Gasteiger partial charge in [0, 0.05) is 16.3 Å². The van der Waals surface area contributed by atoms with E-state index in [2.05, 4.69) is 15.9 Å². The number of rotatable bonds is 4. The second-order valence-electron chi connectivity index (χ2n) is 5.08. The molecule has 0 N–H and O–H groups in total. The van der Waals surface area contributed by atoms with Crippen LogP contribution in [0.1, 0.15) is 30.4 Å². The fraction of sp³-hybridized carbons (Fsp3) is 0.538. The molecular weight excluding hydrogens is 352 g/mol. The fourth-order valence-electron chi connectivity index (χ4n) is 1.61. The van der Waals surface area contributed by atoms with Crippen molar-refractivity contribution >= 4 is 37.4 Å². The van der Waals surface area contributed by atoms with Crippen LogP contribution in [0.2, 0.25) is 0 Å². The van der Waals surface area contributed by atoms with Crippen molar-refractivity contribution in [1.82, 2.24) is 0 Å². The van der Waals surface area contributed by atoms with Crippen molar-refractivity contribution in [1.29, 1.82) is 0 Å². The van der Waals surface area contributed by atoms with Gasteiger partial charge in [-0.15, -0.1) is 11.6 Å². The monoisotopic (exact) mass is 368 g/mol. The summed E-state index contributed by atoms with van der Waals surface area (Å²) < 4.78 is 28.9. The van der Waals surface area contributed by atoms with Gasteiger partial charge in [0.1, 0.15) is 5.75 Å². The Hall–Kier alpha value is -0.260. The van der Waals surface area contributed by atoms with Crippen LogP contribution in [0.5, 0.6) is 5.75 Å². The molecule has 1 rings (SSSR count). The Kier molecular flexibility index (Phi) is 4.97. The van der Waals surface area contributed by atoms with Gasteiger partial charge in [-0.3, -0.25) is 0 Å². The Balaban J connectivity index is 3.42. The minimum atomic E-state index is -3.30. The van der Waals surface area contributed by atoms with Crippen molar-refractivity contribution in [3.05, 3.63) is 27.7 Å². The third-order valence-corrected chi connectivity index (χ3v) is 7.26. The first-order valence-corrected chi connectivity index (χ1v) is 8.82. The smallest absolute Gasteiger partial charge is 0.154 e. The summed E-state index contributed by atoms with van der Waals surface area (Å²) in [7, 11) is -1.76. The van der Waals surface area contributed by atoms with Crippen molar-refractivity contribution in [3.63, 3.8) is 0 Å². The van der Waals surface area contributed by atoms with Crippen molar-refractivity contribution in [3.8, 4) is 5.75 Å². The lowest BCUT2D eigenvalue weighted by Gasteiger charge is -2.29. The average molecular weight is 370 g/mol. The number of alkyl halides is 1. The van der Waals surface area contributed by atoms with Crippen LogP contribution in [-0.2, 0) is 9.84 Å². The first-order valence-electron chi connectivity index (χ1n) is 5.70. The molecular formula is C13H18BrClO3S. The van der Waals surface area contributed by atoms with Crippen molar-refractivity contribution in [2.45, 2.75) is 30.9 Å². The van der Waals surface area contributed by atoms with E-state index in [9.17, 15) is 8.42 Å². The molecule has 0 heterocycles. The molecule has 1 atom stereocenters. The number of sulfone groups is 1. The van der Waals surface area contributed by atoms with Crippen molar-refractivity contribution in [2.24, 2.45) is 0 Å². The van der Waals surface area contributed by atoms with E-state index in [0.29, 0.717) is 11.3 Å². The minimum absolute atomic E-state index is 0.595. The summed E-state index contributed by atoms with van der Waals surface area (Å²) in [5.74, 6) is 0.595. The Morgan fingerprint density at radius 2 is 1.89 bits per heavy atom. The Morgan fingerprint density at radius 3 is 2.32 bits per heavy atom. The molecule has 19 heavy (non-hydrogen) atoms. The van der Waals surface area contributed by atoms with Crippen LogP contribution in [0, 0.1) is 6.92 Å². The largest absolute Gasteiger partial charge is 0.496 e. The van der Waals surface area contributed by atoms with Crippen molar-refractivity contribution in [2.75, 3.05) is 13.4 Å². The summed E-state index contributed by atoms with van der Waals surface area (Å²) in [5, 5.41) is -0.700. The second-order valence-corrected chi connectivity index (χ2v) is 8.97. The molecule has 108 valence electrons. The molecule has 0 aliphatic carbocycles. The van der Waals surface area contributed by atoms with Crippen LogP contribution in [-0.4, -0.2) is 26.5 Å². The molecule has 1 aromatic rings. The Bertz CT molecular complexity index is 582. The molecule has 0 saturated carbocycles. The number of benzene rings is 1. The maximum absolute atomic E-state index is 11.9. The number of methoxy groups -OCH3 is 1. The molecule has 0 bridgehead atoms. The Labute approximate surface area is 128 Å². The van der Waals surface area contributed by atoms with Crippen molar-refractivity contribution < 1.29 is 13.2 Å². The van der Waals surface area contributed by atoms with Gasteiger partial charge in [-0.2, -0.15) is 0 Å². The molecule has 0 aliphatic rings. The molecule has 0 aromatic heterocycles. The van der Waals surface area contributed by atoms with E-state index in [1.165, 1.54) is 6.26 Å². The van der Waals surface area contributed by atoms with Gasteiger partial charge in [-0.25, -0.2) is 8.42 Å². The number of aryl methyl sites for hydroxylation is 1. The molecule has 0 amide bonds. The number of ether oxygens (including phenoxy) is 1. The van der Waals surface area contributed by atoms with Gasteiger partial charge < -0.3 is 4.74 Å². The lowest BCUT2D eigenvalue weighted by molar-refractivity contribution is 0.405. The van der Waals surface area contributed by atoms with Crippen LogP contribution in [0.4, 0.5) is 0 Å². The summed E-state index contributed by atoms with van der Waals surface area (Å²) in [5.41, 5.74) is 1.67. The first kappa shape index (κ1) is 16.8. The summed E-state index contributed by atoms with van der Waals surface area (Å²) in [6.07, 6.45) is 1.19. The molecule has 0 fully saturated rings. The van der Waals surface area contributed by atoms with Crippen LogP contribution in [0.3, 0.4) is 0 Å². The molecule has 6 heteroatoms. The fourth-order valence-corrected chi connectivity index (χ4v) is 3.13. The highest BCUT2D eigenvalue weighted by Gasteiger charge is 2.40. The minimum Gasteiger partial charge on any atom is -0.496 e. The third-order valence-electron chi connectivity index (χ3n) is 3.35. The molecule has 0 aliphatic heterocycles. The second kappa shape index (κ2) is 5.62. The van der Waals surface area contributed by atoms with E-state index >= 15 is 0 Å². The lowest BCUT2D eigenvalue weighted by atomic mass is 9.99. The van der Waals surface area contributed by atoms with Gasteiger partial charge in [0.2, 0.25) is 0 Å². The van der Waals surface area contributed by atoms with Crippen LogP contribution in [0.25, 0.3) is 0 Å². The molecule has 0 spiro atoms. The van der Waals surface area contributed by atoms with Crippen LogP contribution in [0.15, 0.2) is 16.6 Å². The number of hydrogen-bond acceptors (Lipinski definition) is 3. The van der Waals surface area contributed by atoms with E-state index in [1.807, 2.05) is 19.1 Å². The molecule has 0 saturated heterocycles. The zero-order valence-electron chi connectivity index (χ0n) is 11.6. The Morgan fingerprint density at radius 1 is 1.37 bits per heavy atom. The van der Waals surface area contributed by atoms with Crippen LogP contribution >= 0.6 is 27.5 Å². The normalized spacial score (nSPS) is 14.3. The van der Waals surface area contributed by atoms with Gasteiger partial charge in [0.15, 0.2) is 9.84 Å². The zero-order chi connectivity index (χ0) is 15.0. The van der Waals surface area contributed by atoms with Crippen LogP contribution < -0.4 is 4.74 Å². The highest BCUT2D eigenvalue weighted by molar-refractivity contribution is 9.10. The maximum atomic E-state index is 11.9. The summed E-state index contributed by atoms with van der Waals surface area (Å²) in [4.78, 5) is 0. The molecule has 1 unspecified atom stereocenters. The topological polar surface area (TPSA) is 43.4 Å².